The number of aromatic amines is 1. The summed E-state index contributed by atoms with van der Waals surface area (Å²) in [4.78, 5) is 27.5. The third kappa shape index (κ3) is 2.99. The van der Waals surface area contributed by atoms with Gasteiger partial charge in [-0.15, -0.1) is 0 Å². The summed E-state index contributed by atoms with van der Waals surface area (Å²) in [5, 5.41) is 2.83. The molecule has 1 aromatic heterocycles. The number of aryl methyl sites for hydroxylation is 1. The van der Waals surface area contributed by atoms with Crippen LogP contribution in [0.1, 0.15) is 22.8 Å². The van der Waals surface area contributed by atoms with Crippen molar-refractivity contribution in [3.8, 4) is 0 Å². The van der Waals surface area contributed by atoms with Gasteiger partial charge in [0.25, 0.3) is 5.91 Å². The second-order valence-corrected chi connectivity index (χ2v) is 5.23. The van der Waals surface area contributed by atoms with E-state index >= 15 is 0 Å². The van der Waals surface area contributed by atoms with Gasteiger partial charge in [0.15, 0.2) is 0 Å². The van der Waals surface area contributed by atoms with Gasteiger partial charge in [-0.2, -0.15) is 0 Å². The predicted molar refractivity (Wildman–Crippen MR) is 88.3 cm³/mol. The lowest BCUT2D eigenvalue weighted by molar-refractivity contribution is 0.102. The maximum atomic E-state index is 13.3. The second kappa shape index (κ2) is 6.04. The van der Waals surface area contributed by atoms with Gasteiger partial charge in [0.05, 0.1) is 0 Å². The summed E-state index contributed by atoms with van der Waals surface area (Å²) in [6.07, 6.45) is 2.25. The largest absolute Gasteiger partial charge is 0.360 e. The van der Waals surface area contributed by atoms with Gasteiger partial charge in [-0.25, -0.2) is 4.39 Å². The zero-order valence-electron chi connectivity index (χ0n) is 12.5. The van der Waals surface area contributed by atoms with Crippen LogP contribution >= 0.6 is 0 Å². The minimum atomic E-state index is -0.526. The third-order valence-corrected chi connectivity index (χ3v) is 3.71. The lowest BCUT2D eigenvalue weighted by Crippen LogP contribution is -2.22. The van der Waals surface area contributed by atoms with Crippen molar-refractivity contribution in [1.82, 2.24) is 4.98 Å². The SMILES string of the molecule is CCc1ccc(NC(=O)c2c[nH]c3ccc(F)cc3c2=O)cc1. The van der Waals surface area contributed by atoms with E-state index < -0.39 is 17.2 Å². The number of carbonyl (C=O) groups is 1. The molecular weight excluding hydrogens is 295 g/mol. The molecule has 0 aliphatic rings. The first-order valence-electron chi connectivity index (χ1n) is 7.29. The molecule has 0 spiro atoms. The fraction of sp³-hybridized carbons (Fsp3) is 0.111. The Kier molecular flexibility index (Phi) is 3.93. The van der Waals surface area contributed by atoms with Crippen molar-refractivity contribution in [3.05, 3.63) is 75.8 Å². The maximum absolute atomic E-state index is 13.3. The summed E-state index contributed by atoms with van der Waals surface area (Å²) < 4.78 is 13.3. The summed E-state index contributed by atoms with van der Waals surface area (Å²) in [6, 6.07) is 11.2. The van der Waals surface area contributed by atoms with E-state index in [9.17, 15) is 14.0 Å². The van der Waals surface area contributed by atoms with E-state index in [-0.39, 0.29) is 10.9 Å². The van der Waals surface area contributed by atoms with E-state index in [0.717, 1.165) is 18.1 Å². The van der Waals surface area contributed by atoms with Crippen molar-refractivity contribution >= 4 is 22.5 Å². The Morgan fingerprint density at radius 3 is 2.61 bits per heavy atom. The van der Waals surface area contributed by atoms with E-state index in [2.05, 4.69) is 10.3 Å². The average Bonchev–Trinajstić information content (AvgIpc) is 2.56. The van der Waals surface area contributed by atoms with Gasteiger partial charge >= 0.3 is 0 Å². The summed E-state index contributed by atoms with van der Waals surface area (Å²) in [5.41, 5.74) is 1.69. The lowest BCUT2D eigenvalue weighted by atomic mass is 10.1. The normalized spacial score (nSPS) is 10.7. The number of rotatable bonds is 3. The number of H-pyrrole nitrogens is 1. The Balaban J connectivity index is 1.94. The van der Waals surface area contributed by atoms with Crippen molar-refractivity contribution in [2.45, 2.75) is 13.3 Å². The van der Waals surface area contributed by atoms with E-state index in [1.165, 1.54) is 18.3 Å². The molecule has 0 radical (unpaired) electrons. The third-order valence-electron chi connectivity index (χ3n) is 3.71. The van der Waals surface area contributed by atoms with Crippen molar-refractivity contribution in [1.29, 1.82) is 0 Å². The Morgan fingerprint density at radius 1 is 1.17 bits per heavy atom. The zero-order valence-corrected chi connectivity index (χ0v) is 12.5. The van der Waals surface area contributed by atoms with Crippen LogP contribution in [-0.2, 0) is 6.42 Å². The first-order valence-corrected chi connectivity index (χ1v) is 7.29. The fourth-order valence-corrected chi connectivity index (χ4v) is 2.38. The molecular formula is C18H15FN2O2. The molecule has 116 valence electrons. The highest BCUT2D eigenvalue weighted by Gasteiger charge is 2.13. The van der Waals surface area contributed by atoms with E-state index in [1.54, 1.807) is 12.1 Å². The fourth-order valence-electron chi connectivity index (χ4n) is 2.38. The number of benzene rings is 2. The van der Waals surface area contributed by atoms with Gasteiger partial charge in [-0.3, -0.25) is 9.59 Å². The van der Waals surface area contributed by atoms with Crippen LogP contribution in [0.4, 0.5) is 10.1 Å². The second-order valence-electron chi connectivity index (χ2n) is 5.23. The lowest BCUT2D eigenvalue weighted by Gasteiger charge is -2.07. The monoisotopic (exact) mass is 310 g/mol. The molecule has 0 atom stereocenters. The summed E-state index contributed by atoms with van der Waals surface area (Å²) in [7, 11) is 0. The molecule has 2 N–H and O–H groups in total. The predicted octanol–water partition coefficient (Wildman–Crippen LogP) is 3.48. The molecule has 0 saturated carbocycles. The van der Waals surface area contributed by atoms with Crippen LogP contribution in [0.25, 0.3) is 10.9 Å². The molecule has 0 bridgehead atoms. The van der Waals surface area contributed by atoms with E-state index in [4.69, 9.17) is 0 Å². The first-order chi connectivity index (χ1) is 11.1. The number of fused-ring (bicyclic) bond motifs is 1. The van der Waals surface area contributed by atoms with E-state index in [0.29, 0.717) is 11.2 Å². The highest BCUT2D eigenvalue weighted by molar-refractivity contribution is 6.05. The Labute approximate surface area is 132 Å². The van der Waals surface area contributed by atoms with Crippen molar-refractivity contribution in [3.63, 3.8) is 0 Å². The van der Waals surface area contributed by atoms with Crippen LogP contribution in [0.2, 0.25) is 0 Å². The molecule has 0 fully saturated rings. The van der Waals surface area contributed by atoms with Crippen LogP contribution in [0, 0.1) is 5.82 Å². The van der Waals surface area contributed by atoms with Gasteiger partial charge in [0.2, 0.25) is 5.43 Å². The number of hydrogen-bond donors (Lipinski definition) is 2. The van der Waals surface area contributed by atoms with Gasteiger partial charge in [0.1, 0.15) is 11.4 Å². The highest BCUT2D eigenvalue weighted by Crippen LogP contribution is 2.13. The van der Waals surface area contributed by atoms with Crippen molar-refractivity contribution < 1.29 is 9.18 Å². The molecule has 0 saturated heterocycles. The molecule has 0 unspecified atom stereocenters. The molecule has 23 heavy (non-hydrogen) atoms. The summed E-state index contributed by atoms with van der Waals surface area (Å²) in [6.45, 7) is 2.04. The van der Waals surface area contributed by atoms with Crippen LogP contribution < -0.4 is 10.7 Å². The number of pyridine rings is 1. The van der Waals surface area contributed by atoms with Crippen LogP contribution in [0.3, 0.4) is 0 Å². The van der Waals surface area contributed by atoms with Crippen LogP contribution in [-0.4, -0.2) is 10.9 Å². The number of nitrogens with one attached hydrogen (secondary N) is 2. The highest BCUT2D eigenvalue weighted by atomic mass is 19.1. The van der Waals surface area contributed by atoms with E-state index in [1.807, 2.05) is 19.1 Å². The number of halogens is 1. The van der Waals surface area contributed by atoms with Crippen molar-refractivity contribution in [2.24, 2.45) is 0 Å². The standard InChI is InChI=1S/C18H15FN2O2/c1-2-11-3-6-13(7-4-11)21-18(23)15-10-20-16-8-5-12(19)9-14(16)17(15)22/h3-10H,2H2,1H3,(H,20,22)(H,21,23). The molecule has 0 aliphatic heterocycles. The molecule has 1 amide bonds. The topological polar surface area (TPSA) is 62.0 Å². The number of carbonyl (C=O) groups excluding carboxylic acids is 1. The van der Waals surface area contributed by atoms with Crippen LogP contribution in [0.15, 0.2) is 53.5 Å². The smallest absolute Gasteiger partial charge is 0.261 e. The van der Waals surface area contributed by atoms with Gasteiger partial charge < -0.3 is 10.3 Å². The molecule has 5 heteroatoms. The first kappa shape index (κ1) is 15.0. The van der Waals surface area contributed by atoms with Crippen molar-refractivity contribution in [2.75, 3.05) is 5.32 Å². The van der Waals surface area contributed by atoms with Gasteiger partial charge in [-0.1, -0.05) is 19.1 Å². The minimum absolute atomic E-state index is 0.0531. The average molecular weight is 310 g/mol. The maximum Gasteiger partial charge on any atom is 0.261 e. The minimum Gasteiger partial charge on any atom is -0.360 e. The zero-order chi connectivity index (χ0) is 16.4. The summed E-state index contributed by atoms with van der Waals surface area (Å²) in [5.74, 6) is -1.04. The molecule has 3 aromatic rings. The quantitative estimate of drug-likeness (QED) is 0.778. The number of amides is 1. The van der Waals surface area contributed by atoms with Gasteiger partial charge in [0, 0.05) is 22.8 Å². The number of aromatic nitrogens is 1. The molecule has 1 heterocycles. The molecule has 0 aliphatic carbocycles. The Morgan fingerprint density at radius 2 is 1.91 bits per heavy atom. The molecule has 3 rings (SSSR count). The molecule has 2 aromatic carbocycles. The Bertz CT molecular complexity index is 930. The number of hydrogen-bond acceptors (Lipinski definition) is 2. The van der Waals surface area contributed by atoms with Gasteiger partial charge in [-0.05, 0) is 42.3 Å². The number of anilines is 1. The Hall–Kier alpha value is -2.95. The molecule has 4 nitrogen and oxygen atoms in total. The summed E-state index contributed by atoms with van der Waals surface area (Å²) >= 11 is 0. The van der Waals surface area contributed by atoms with Crippen LogP contribution in [0.5, 0.6) is 0 Å².